The van der Waals surface area contributed by atoms with Crippen molar-refractivity contribution in [3.8, 4) is 11.5 Å². The van der Waals surface area contributed by atoms with E-state index in [4.69, 9.17) is 9.47 Å². The molecule has 1 atom stereocenters. The Balaban J connectivity index is 2.77. The molecular weight excluding hydrogens is 316 g/mol. The van der Waals surface area contributed by atoms with Crippen LogP contribution < -0.4 is 20.1 Å². The summed E-state index contributed by atoms with van der Waals surface area (Å²) in [5, 5.41) is 6.78. The summed E-state index contributed by atoms with van der Waals surface area (Å²) >= 11 is 0. The zero-order valence-corrected chi connectivity index (χ0v) is 16.7. The summed E-state index contributed by atoms with van der Waals surface area (Å²) in [5.41, 5.74) is 1.16. The van der Waals surface area contributed by atoms with Crippen molar-refractivity contribution < 1.29 is 9.47 Å². The Labute approximate surface area is 152 Å². The van der Waals surface area contributed by atoms with E-state index in [0.29, 0.717) is 5.92 Å². The lowest BCUT2D eigenvalue weighted by atomic mass is 10.1. The molecule has 0 aliphatic carbocycles. The summed E-state index contributed by atoms with van der Waals surface area (Å²) < 4.78 is 10.8. The molecule has 2 N–H and O–H groups in total. The molecule has 0 fully saturated rings. The smallest absolute Gasteiger partial charge is 0.191 e. The van der Waals surface area contributed by atoms with Crippen LogP contribution in [-0.2, 0) is 0 Å². The first-order valence-electron chi connectivity index (χ1n) is 8.75. The van der Waals surface area contributed by atoms with Crippen molar-refractivity contribution in [2.45, 2.75) is 26.3 Å². The largest absolute Gasteiger partial charge is 0.493 e. The van der Waals surface area contributed by atoms with E-state index >= 15 is 0 Å². The molecular formula is C19H34N4O2. The molecule has 6 heteroatoms. The fourth-order valence-electron chi connectivity index (χ4n) is 2.55. The van der Waals surface area contributed by atoms with Gasteiger partial charge in [-0.2, -0.15) is 0 Å². The number of nitrogens with zero attached hydrogens (tertiary/aromatic N) is 2. The summed E-state index contributed by atoms with van der Waals surface area (Å²) in [4.78, 5) is 6.48. The highest BCUT2D eigenvalue weighted by Crippen LogP contribution is 2.31. The van der Waals surface area contributed by atoms with E-state index in [0.717, 1.165) is 42.5 Å². The molecule has 0 aliphatic rings. The Hall–Kier alpha value is -1.95. The predicted octanol–water partition coefficient (Wildman–Crippen LogP) is 2.52. The summed E-state index contributed by atoms with van der Waals surface area (Å²) in [7, 11) is 9.24. The summed E-state index contributed by atoms with van der Waals surface area (Å²) in [6, 6.07) is 6.23. The van der Waals surface area contributed by atoms with Gasteiger partial charge in [0.25, 0.3) is 0 Å². The molecule has 1 rings (SSSR count). The van der Waals surface area contributed by atoms with Gasteiger partial charge in [0.1, 0.15) is 0 Å². The second kappa shape index (κ2) is 10.8. The van der Waals surface area contributed by atoms with Crippen LogP contribution in [0.25, 0.3) is 0 Å². The van der Waals surface area contributed by atoms with Gasteiger partial charge in [0, 0.05) is 20.1 Å². The Kier molecular flexibility index (Phi) is 9.13. The van der Waals surface area contributed by atoms with Crippen LogP contribution in [0, 0.1) is 5.92 Å². The quantitative estimate of drug-likeness (QED) is 0.529. The van der Waals surface area contributed by atoms with Crippen molar-refractivity contribution >= 4 is 5.96 Å². The van der Waals surface area contributed by atoms with Gasteiger partial charge in [-0.25, -0.2) is 0 Å². The van der Waals surface area contributed by atoms with Crippen molar-refractivity contribution in [1.29, 1.82) is 0 Å². The van der Waals surface area contributed by atoms with Crippen LogP contribution in [0.4, 0.5) is 0 Å². The van der Waals surface area contributed by atoms with Gasteiger partial charge in [0.05, 0.1) is 20.3 Å². The Bertz CT molecular complexity index is 544. The maximum Gasteiger partial charge on any atom is 0.191 e. The molecule has 0 heterocycles. The van der Waals surface area contributed by atoms with E-state index in [2.05, 4.69) is 54.5 Å². The highest BCUT2D eigenvalue weighted by atomic mass is 16.5. The van der Waals surface area contributed by atoms with Crippen molar-refractivity contribution in [2.75, 3.05) is 48.5 Å². The molecule has 0 saturated carbocycles. The van der Waals surface area contributed by atoms with Gasteiger partial charge in [0.2, 0.25) is 0 Å². The van der Waals surface area contributed by atoms with Crippen LogP contribution in [0.2, 0.25) is 0 Å². The number of benzene rings is 1. The minimum absolute atomic E-state index is 0.184. The number of nitrogens with one attached hydrogen (secondary N) is 2. The van der Waals surface area contributed by atoms with Crippen LogP contribution in [0.1, 0.15) is 31.9 Å². The van der Waals surface area contributed by atoms with Crippen LogP contribution >= 0.6 is 0 Å². The normalized spacial score (nSPS) is 13.1. The average Bonchev–Trinajstić information content (AvgIpc) is 2.59. The highest BCUT2D eigenvalue weighted by molar-refractivity contribution is 5.79. The number of hydrogen-bond donors (Lipinski definition) is 2. The Morgan fingerprint density at radius 2 is 1.80 bits per heavy atom. The number of ether oxygens (including phenoxy) is 2. The number of likely N-dealkylation sites (N-methyl/N-ethyl adjacent to an activating group) is 1. The van der Waals surface area contributed by atoms with Gasteiger partial charge in [-0.05, 0) is 44.1 Å². The number of aliphatic imine (C=N–C) groups is 1. The molecule has 0 aromatic heterocycles. The first kappa shape index (κ1) is 21.1. The number of hydrogen-bond acceptors (Lipinski definition) is 4. The lowest BCUT2D eigenvalue weighted by Gasteiger charge is -2.26. The predicted molar refractivity (Wildman–Crippen MR) is 105 cm³/mol. The van der Waals surface area contributed by atoms with Crippen molar-refractivity contribution in [2.24, 2.45) is 10.9 Å². The van der Waals surface area contributed by atoms with Gasteiger partial charge in [-0.3, -0.25) is 4.99 Å². The zero-order valence-electron chi connectivity index (χ0n) is 16.7. The number of rotatable bonds is 9. The lowest BCUT2D eigenvalue weighted by molar-refractivity contribution is 0.295. The molecule has 25 heavy (non-hydrogen) atoms. The van der Waals surface area contributed by atoms with Gasteiger partial charge < -0.3 is 25.0 Å². The van der Waals surface area contributed by atoms with E-state index in [1.807, 2.05) is 12.1 Å². The Morgan fingerprint density at radius 1 is 1.12 bits per heavy atom. The molecule has 0 amide bonds. The molecule has 0 radical (unpaired) electrons. The van der Waals surface area contributed by atoms with Crippen molar-refractivity contribution in [3.63, 3.8) is 0 Å². The lowest BCUT2D eigenvalue weighted by Crippen LogP contribution is -2.42. The van der Waals surface area contributed by atoms with Gasteiger partial charge in [-0.1, -0.05) is 19.9 Å². The van der Waals surface area contributed by atoms with Crippen LogP contribution in [-0.4, -0.2) is 59.3 Å². The minimum Gasteiger partial charge on any atom is -0.493 e. The van der Waals surface area contributed by atoms with Crippen molar-refractivity contribution in [3.05, 3.63) is 23.8 Å². The maximum atomic E-state index is 5.43. The van der Waals surface area contributed by atoms with Gasteiger partial charge >= 0.3 is 0 Å². The first-order valence-corrected chi connectivity index (χ1v) is 8.75. The van der Waals surface area contributed by atoms with E-state index in [1.165, 1.54) is 0 Å². The monoisotopic (exact) mass is 350 g/mol. The first-order chi connectivity index (χ1) is 11.9. The van der Waals surface area contributed by atoms with Gasteiger partial charge in [-0.15, -0.1) is 0 Å². The number of methoxy groups -OCH3 is 2. The molecule has 6 nitrogen and oxygen atoms in total. The van der Waals surface area contributed by atoms with Crippen LogP contribution in [0.3, 0.4) is 0 Å². The maximum absolute atomic E-state index is 5.43. The van der Waals surface area contributed by atoms with E-state index in [1.54, 1.807) is 21.3 Å². The third-order valence-corrected chi connectivity index (χ3v) is 4.12. The zero-order chi connectivity index (χ0) is 18.8. The molecule has 142 valence electrons. The Morgan fingerprint density at radius 3 is 2.32 bits per heavy atom. The molecule has 1 aromatic rings. The summed E-state index contributed by atoms with van der Waals surface area (Å²) in [5.74, 6) is 2.98. The average molecular weight is 351 g/mol. The number of guanidine groups is 1. The van der Waals surface area contributed by atoms with Crippen LogP contribution in [0.15, 0.2) is 23.2 Å². The minimum atomic E-state index is 0.184. The van der Waals surface area contributed by atoms with Crippen LogP contribution in [0.5, 0.6) is 11.5 Å². The topological polar surface area (TPSA) is 58.1 Å². The summed E-state index contributed by atoms with van der Waals surface area (Å²) in [6.07, 6.45) is 1.12. The standard InChI is InChI=1S/C19H34N4O2/c1-14(2)10-11-21-19(20-3)22-13-16(23(4)5)15-8-9-17(24-6)18(12-15)25-7/h8-9,12,14,16H,10-11,13H2,1-7H3,(H2,20,21,22). The second-order valence-corrected chi connectivity index (χ2v) is 6.66. The highest BCUT2D eigenvalue weighted by Gasteiger charge is 2.17. The molecule has 0 aliphatic heterocycles. The molecule has 1 unspecified atom stereocenters. The molecule has 0 spiro atoms. The molecule has 1 aromatic carbocycles. The van der Waals surface area contributed by atoms with E-state index < -0.39 is 0 Å². The second-order valence-electron chi connectivity index (χ2n) is 6.66. The van der Waals surface area contributed by atoms with Crippen molar-refractivity contribution in [1.82, 2.24) is 15.5 Å². The third kappa shape index (κ3) is 6.82. The summed E-state index contributed by atoms with van der Waals surface area (Å²) in [6.45, 7) is 6.10. The fraction of sp³-hybridized carbons (Fsp3) is 0.632. The molecule has 0 bridgehead atoms. The fourth-order valence-corrected chi connectivity index (χ4v) is 2.55. The molecule has 0 saturated heterocycles. The van der Waals surface area contributed by atoms with Gasteiger partial charge in [0.15, 0.2) is 17.5 Å². The SMILES string of the molecule is CN=C(NCCC(C)C)NCC(c1ccc(OC)c(OC)c1)N(C)C. The van der Waals surface area contributed by atoms with E-state index in [-0.39, 0.29) is 6.04 Å². The third-order valence-electron chi connectivity index (χ3n) is 4.12. The van der Waals surface area contributed by atoms with E-state index in [9.17, 15) is 0 Å².